The van der Waals surface area contributed by atoms with Crippen LogP contribution in [-0.2, 0) is 6.54 Å². The van der Waals surface area contributed by atoms with E-state index in [2.05, 4.69) is 30.5 Å². The van der Waals surface area contributed by atoms with Crippen molar-refractivity contribution in [3.8, 4) is 11.4 Å². The highest BCUT2D eigenvalue weighted by molar-refractivity contribution is 5.81. The third-order valence-electron chi connectivity index (χ3n) is 5.18. The molecular weight excluding hydrogens is 348 g/mol. The van der Waals surface area contributed by atoms with Gasteiger partial charge in [-0.3, -0.25) is 9.98 Å². The molecule has 4 rings (SSSR count). The Morgan fingerprint density at radius 2 is 1.71 bits per heavy atom. The number of benzene rings is 2. The van der Waals surface area contributed by atoms with Crippen LogP contribution in [0.3, 0.4) is 0 Å². The van der Waals surface area contributed by atoms with Gasteiger partial charge in [-0.25, -0.2) is 4.98 Å². The Labute approximate surface area is 164 Å². The third-order valence-corrected chi connectivity index (χ3v) is 5.18. The summed E-state index contributed by atoms with van der Waals surface area (Å²) in [5.74, 6) is 0.827. The third kappa shape index (κ3) is 3.09. The van der Waals surface area contributed by atoms with Crippen LogP contribution in [0.25, 0.3) is 16.7 Å². The molecule has 2 aromatic heterocycles. The van der Waals surface area contributed by atoms with Crippen molar-refractivity contribution in [2.24, 2.45) is 0 Å². The van der Waals surface area contributed by atoms with Gasteiger partial charge in [0.2, 0.25) is 0 Å². The minimum atomic E-state index is 0.446. The molecule has 0 radical (unpaired) electrons. The average Bonchev–Trinajstić information content (AvgIpc) is 2.95. The number of aromatic nitrogens is 3. The summed E-state index contributed by atoms with van der Waals surface area (Å²) in [7, 11) is 0. The molecule has 0 aliphatic carbocycles. The summed E-state index contributed by atoms with van der Waals surface area (Å²) in [5, 5.41) is 9.71. The number of nitrogens with zero attached hydrogens (tertiary/aromatic N) is 3. The second-order valence-corrected chi connectivity index (χ2v) is 6.87. The van der Waals surface area contributed by atoms with Crippen LogP contribution in [0.15, 0.2) is 60.9 Å². The van der Waals surface area contributed by atoms with E-state index in [9.17, 15) is 0 Å². The maximum atomic E-state index is 8.82. The van der Waals surface area contributed by atoms with Crippen LogP contribution in [0.1, 0.15) is 23.7 Å². The van der Waals surface area contributed by atoms with E-state index in [1.807, 2.05) is 54.0 Å². The van der Waals surface area contributed by atoms with Gasteiger partial charge in [0.1, 0.15) is 23.2 Å². The molecule has 0 amide bonds. The molecule has 0 atom stereocenters. The first-order valence-corrected chi connectivity index (χ1v) is 9.49. The highest BCUT2D eigenvalue weighted by Gasteiger charge is 2.16. The first-order chi connectivity index (χ1) is 13.6. The molecule has 142 valence electrons. The molecule has 0 saturated carbocycles. The SMILES string of the molecule is CCOc1ccc(-n2cnc3c(c(C)c(C)n3Cc3ccccc3)c2=N)cc1. The van der Waals surface area contributed by atoms with Crippen molar-refractivity contribution in [1.29, 1.82) is 5.41 Å². The minimum Gasteiger partial charge on any atom is -0.494 e. The van der Waals surface area contributed by atoms with E-state index in [1.54, 1.807) is 6.33 Å². The Kier molecular flexibility index (Phi) is 4.74. The molecule has 0 aliphatic rings. The van der Waals surface area contributed by atoms with Crippen molar-refractivity contribution in [1.82, 2.24) is 14.1 Å². The molecule has 28 heavy (non-hydrogen) atoms. The van der Waals surface area contributed by atoms with Crippen LogP contribution in [0.5, 0.6) is 5.75 Å². The molecule has 0 fully saturated rings. The molecule has 1 N–H and O–H groups in total. The number of ether oxygens (including phenoxy) is 1. The number of nitrogens with one attached hydrogen (secondary N) is 1. The second kappa shape index (κ2) is 7.35. The topological polar surface area (TPSA) is 55.8 Å². The predicted octanol–water partition coefficient (Wildman–Crippen LogP) is 4.37. The van der Waals surface area contributed by atoms with Crippen LogP contribution in [0, 0.1) is 19.3 Å². The standard InChI is InChI=1S/C23H24N4O/c1-4-28-20-12-10-19(11-13-20)27-15-25-23-21(22(27)24)16(2)17(3)26(23)14-18-8-6-5-7-9-18/h5-13,15,24H,4,14H2,1-3H3. The molecule has 0 unspecified atom stereocenters. The van der Waals surface area contributed by atoms with Gasteiger partial charge < -0.3 is 9.30 Å². The molecule has 0 aliphatic heterocycles. The summed E-state index contributed by atoms with van der Waals surface area (Å²) >= 11 is 0. The van der Waals surface area contributed by atoms with Crippen molar-refractivity contribution in [2.75, 3.05) is 6.61 Å². The minimum absolute atomic E-state index is 0.446. The largest absolute Gasteiger partial charge is 0.494 e. The van der Waals surface area contributed by atoms with E-state index in [1.165, 1.54) is 5.56 Å². The van der Waals surface area contributed by atoms with Crippen LogP contribution in [0.4, 0.5) is 0 Å². The van der Waals surface area contributed by atoms with Crippen LogP contribution in [-0.4, -0.2) is 20.7 Å². The van der Waals surface area contributed by atoms with Gasteiger partial charge in [-0.2, -0.15) is 0 Å². The maximum absolute atomic E-state index is 8.82. The number of rotatable bonds is 5. The van der Waals surface area contributed by atoms with Gasteiger partial charge in [-0.1, -0.05) is 30.3 Å². The van der Waals surface area contributed by atoms with Gasteiger partial charge >= 0.3 is 0 Å². The molecule has 5 heteroatoms. The van der Waals surface area contributed by atoms with Crippen molar-refractivity contribution in [2.45, 2.75) is 27.3 Å². The van der Waals surface area contributed by atoms with E-state index in [4.69, 9.17) is 15.1 Å². The van der Waals surface area contributed by atoms with Crippen molar-refractivity contribution in [3.05, 3.63) is 83.2 Å². The summed E-state index contributed by atoms with van der Waals surface area (Å²) in [6.07, 6.45) is 1.74. The first kappa shape index (κ1) is 18.0. The lowest BCUT2D eigenvalue weighted by Gasteiger charge is -2.10. The summed E-state index contributed by atoms with van der Waals surface area (Å²) in [5.41, 5.74) is 5.66. The zero-order chi connectivity index (χ0) is 19.7. The highest BCUT2D eigenvalue weighted by atomic mass is 16.5. The molecule has 2 heterocycles. The number of hydrogen-bond donors (Lipinski definition) is 1. The normalized spacial score (nSPS) is 11.1. The fourth-order valence-electron chi connectivity index (χ4n) is 3.58. The van der Waals surface area contributed by atoms with Gasteiger partial charge in [-0.15, -0.1) is 0 Å². The van der Waals surface area contributed by atoms with E-state index in [-0.39, 0.29) is 0 Å². The maximum Gasteiger partial charge on any atom is 0.146 e. The molecular formula is C23H24N4O. The molecule has 4 aromatic rings. The fourth-order valence-corrected chi connectivity index (χ4v) is 3.58. The van der Waals surface area contributed by atoms with Crippen molar-refractivity contribution >= 4 is 11.0 Å². The van der Waals surface area contributed by atoms with Gasteiger partial charge in [0.15, 0.2) is 0 Å². The van der Waals surface area contributed by atoms with Gasteiger partial charge in [-0.05, 0) is 56.2 Å². The lowest BCUT2D eigenvalue weighted by molar-refractivity contribution is 0.340. The summed E-state index contributed by atoms with van der Waals surface area (Å²) in [6.45, 7) is 7.52. The van der Waals surface area contributed by atoms with E-state index < -0.39 is 0 Å². The molecule has 0 bridgehead atoms. The second-order valence-electron chi connectivity index (χ2n) is 6.87. The predicted molar refractivity (Wildman–Crippen MR) is 111 cm³/mol. The molecule has 0 spiro atoms. The Bertz CT molecular complexity index is 1170. The van der Waals surface area contributed by atoms with E-state index >= 15 is 0 Å². The van der Waals surface area contributed by atoms with Gasteiger partial charge in [0, 0.05) is 17.9 Å². The van der Waals surface area contributed by atoms with Gasteiger partial charge in [0.25, 0.3) is 0 Å². The van der Waals surface area contributed by atoms with Crippen LogP contribution in [0.2, 0.25) is 0 Å². The number of fused-ring (bicyclic) bond motifs is 1. The van der Waals surface area contributed by atoms with Gasteiger partial charge in [0.05, 0.1) is 12.0 Å². The number of hydrogen-bond acceptors (Lipinski definition) is 3. The Morgan fingerprint density at radius 3 is 2.39 bits per heavy atom. The van der Waals surface area contributed by atoms with E-state index in [0.29, 0.717) is 12.1 Å². The van der Waals surface area contributed by atoms with Crippen LogP contribution >= 0.6 is 0 Å². The Hall–Kier alpha value is -3.34. The summed E-state index contributed by atoms with van der Waals surface area (Å²) in [6, 6.07) is 18.1. The van der Waals surface area contributed by atoms with E-state index in [0.717, 1.165) is 40.3 Å². The average molecular weight is 372 g/mol. The zero-order valence-corrected chi connectivity index (χ0v) is 16.4. The zero-order valence-electron chi connectivity index (χ0n) is 16.4. The Balaban J connectivity index is 1.81. The fraction of sp³-hybridized carbons (Fsp3) is 0.217. The quantitative estimate of drug-likeness (QED) is 0.565. The molecule has 5 nitrogen and oxygen atoms in total. The highest BCUT2D eigenvalue weighted by Crippen LogP contribution is 2.23. The van der Waals surface area contributed by atoms with Crippen LogP contribution < -0.4 is 10.2 Å². The lowest BCUT2D eigenvalue weighted by atomic mass is 10.2. The van der Waals surface area contributed by atoms with Crippen molar-refractivity contribution in [3.63, 3.8) is 0 Å². The first-order valence-electron chi connectivity index (χ1n) is 9.49. The van der Waals surface area contributed by atoms with Crippen molar-refractivity contribution < 1.29 is 4.74 Å². The number of aryl methyl sites for hydroxylation is 1. The monoisotopic (exact) mass is 372 g/mol. The Morgan fingerprint density at radius 1 is 1.00 bits per heavy atom. The summed E-state index contributed by atoms with van der Waals surface area (Å²) in [4.78, 5) is 4.73. The lowest BCUT2D eigenvalue weighted by Crippen LogP contribution is -2.19. The molecule has 2 aromatic carbocycles. The smallest absolute Gasteiger partial charge is 0.146 e. The molecule has 0 saturated heterocycles. The summed E-state index contributed by atoms with van der Waals surface area (Å²) < 4.78 is 9.53.